The monoisotopic (exact) mass is 464 g/mol. The largest absolute Gasteiger partial charge is 0.480 e. The van der Waals surface area contributed by atoms with Gasteiger partial charge in [-0.15, -0.1) is 0 Å². The van der Waals surface area contributed by atoms with Crippen LogP contribution < -0.4 is 10.6 Å². The van der Waals surface area contributed by atoms with E-state index in [1.807, 2.05) is 24.3 Å². The van der Waals surface area contributed by atoms with Gasteiger partial charge < -0.3 is 20.5 Å². The topological polar surface area (TPSA) is 105 Å². The molecule has 3 N–H and O–H groups in total. The van der Waals surface area contributed by atoms with E-state index in [4.69, 9.17) is 4.74 Å². The molecule has 2 amide bonds. The molecule has 180 valence electrons. The molecule has 0 radical (unpaired) electrons. The highest BCUT2D eigenvalue weighted by Gasteiger charge is 2.39. The minimum Gasteiger partial charge on any atom is -0.480 e. The molecular weight excluding hydrogens is 432 g/mol. The number of carbonyl (C=O) groups is 3. The molecule has 2 aliphatic carbocycles. The number of ether oxygens (including phenoxy) is 1. The molecule has 3 unspecified atom stereocenters. The van der Waals surface area contributed by atoms with Gasteiger partial charge in [0.25, 0.3) is 0 Å². The van der Waals surface area contributed by atoms with Crippen molar-refractivity contribution in [3.05, 3.63) is 59.7 Å². The molecule has 0 bridgehead atoms. The number of fused-ring (bicyclic) bond motifs is 3. The Morgan fingerprint density at radius 1 is 1.00 bits per heavy atom. The van der Waals surface area contributed by atoms with Crippen LogP contribution in [0.3, 0.4) is 0 Å². The minimum absolute atomic E-state index is 0.0376. The summed E-state index contributed by atoms with van der Waals surface area (Å²) in [5, 5.41) is 15.1. The Labute approximate surface area is 199 Å². The summed E-state index contributed by atoms with van der Waals surface area (Å²) in [5.41, 5.74) is 3.27. The average Bonchev–Trinajstić information content (AvgIpc) is 3.16. The van der Waals surface area contributed by atoms with E-state index >= 15 is 0 Å². The number of alkyl carbamates (subject to hydrolysis) is 1. The Kier molecular flexibility index (Phi) is 6.91. The Morgan fingerprint density at radius 2 is 1.59 bits per heavy atom. The first-order valence-electron chi connectivity index (χ1n) is 12.0. The van der Waals surface area contributed by atoms with E-state index in [2.05, 4.69) is 34.9 Å². The number of hydrogen-bond acceptors (Lipinski definition) is 4. The Morgan fingerprint density at radius 3 is 2.18 bits per heavy atom. The van der Waals surface area contributed by atoms with E-state index < -0.39 is 23.5 Å². The molecule has 0 aliphatic heterocycles. The van der Waals surface area contributed by atoms with Crippen LogP contribution in [0.4, 0.5) is 4.79 Å². The van der Waals surface area contributed by atoms with Crippen LogP contribution in [-0.4, -0.2) is 41.3 Å². The summed E-state index contributed by atoms with van der Waals surface area (Å²) < 4.78 is 5.65. The lowest BCUT2D eigenvalue weighted by molar-refractivity contribution is -0.148. The van der Waals surface area contributed by atoms with Crippen molar-refractivity contribution in [1.82, 2.24) is 10.6 Å². The van der Waals surface area contributed by atoms with Gasteiger partial charge in [0.2, 0.25) is 5.91 Å². The number of rotatable bonds is 7. The SMILES string of the molecule is CCC(C)(NC(=O)C1CCCCC1NC(=O)OCC1c2ccccc2-c2ccccc21)C(=O)O. The van der Waals surface area contributed by atoms with Gasteiger partial charge in [-0.1, -0.05) is 68.3 Å². The van der Waals surface area contributed by atoms with Crippen molar-refractivity contribution in [3.8, 4) is 11.1 Å². The summed E-state index contributed by atoms with van der Waals surface area (Å²) in [6.07, 6.45) is 2.71. The van der Waals surface area contributed by atoms with E-state index in [9.17, 15) is 19.5 Å². The molecule has 7 nitrogen and oxygen atoms in total. The molecule has 1 saturated carbocycles. The maximum absolute atomic E-state index is 12.9. The third kappa shape index (κ3) is 4.65. The maximum atomic E-state index is 12.9. The molecule has 34 heavy (non-hydrogen) atoms. The van der Waals surface area contributed by atoms with Gasteiger partial charge in [0.05, 0.1) is 5.92 Å². The molecule has 1 fully saturated rings. The molecule has 2 aromatic rings. The number of carbonyl (C=O) groups excluding carboxylic acids is 2. The second-order valence-corrected chi connectivity index (χ2v) is 9.45. The van der Waals surface area contributed by atoms with Crippen molar-refractivity contribution in [2.24, 2.45) is 5.92 Å². The predicted molar refractivity (Wildman–Crippen MR) is 128 cm³/mol. The van der Waals surface area contributed by atoms with E-state index in [0.29, 0.717) is 12.8 Å². The molecule has 0 saturated heterocycles. The van der Waals surface area contributed by atoms with Crippen molar-refractivity contribution in [1.29, 1.82) is 0 Å². The first kappa shape index (κ1) is 23.8. The summed E-state index contributed by atoms with van der Waals surface area (Å²) in [6.45, 7) is 3.43. The summed E-state index contributed by atoms with van der Waals surface area (Å²) in [5.74, 6) is -1.93. The third-order valence-electron chi connectivity index (χ3n) is 7.33. The highest BCUT2D eigenvalue weighted by atomic mass is 16.5. The quantitative estimate of drug-likeness (QED) is 0.561. The molecule has 4 rings (SSSR count). The molecule has 0 heterocycles. The lowest BCUT2D eigenvalue weighted by Crippen LogP contribution is -2.57. The van der Waals surface area contributed by atoms with Crippen molar-refractivity contribution < 1.29 is 24.2 Å². The smallest absolute Gasteiger partial charge is 0.407 e. The highest BCUT2D eigenvalue weighted by molar-refractivity contribution is 5.88. The number of carboxylic acids is 1. The van der Waals surface area contributed by atoms with Crippen molar-refractivity contribution in [2.45, 2.75) is 63.5 Å². The highest BCUT2D eigenvalue weighted by Crippen LogP contribution is 2.44. The molecule has 2 aliphatic rings. The van der Waals surface area contributed by atoms with E-state index in [1.165, 1.54) is 6.92 Å². The van der Waals surface area contributed by atoms with Gasteiger partial charge in [-0.2, -0.15) is 0 Å². The number of aliphatic carboxylic acids is 1. The minimum atomic E-state index is -1.33. The van der Waals surface area contributed by atoms with Crippen molar-refractivity contribution in [2.75, 3.05) is 6.61 Å². The molecule has 0 spiro atoms. The van der Waals surface area contributed by atoms with Gasteiger partial charge in [-0.05, 0) is 48.4 Å². The second-order valence-electron chi connectivity index (χ2n) is 9.45. The van der Waals surface area contributed by atoms with Crippen LogP contribution >= 0.6 is 0 Å². The molecule has 2 aromatic carbocycles. The first-order valence-corrected chi connectivity index (χ1v) is 12.0. The summed E-state index contributed by atoms with van der Waals surface area (Å²) in [6, 6.07) is 15.9. The Hall–Kier alpha value is -3.35. The molecule has 3 atom stereocenters. The number of hydrogen-bond donors (Lipinski definition) is 3. The van der Waals surface area contributed by atoms with Crippen LogP contribution in [0, 0.1) is 5.92 Å². The zero-order chi connectivity index (χ0) is 24.3. The second kappa shape index (κ2) is 9.87. The van der Waals surface area contributed by atoms with Gasteiger partial charge >= 0.3 is 12.1 Å². The zero-order valence-corrected chi connectivity index (χ0v) is 19.7. The van der Waals surface area contributed by atoms with Gasteiger partial charge in [0.1, 0.15) is 12.1 Å². The van der Waals surface area contributed by atoms with Crippen LogP contribution in [0.25, 0.3) is 11.1 Å². The van der Waals surface area contributed by atoms with E-state index in [0.717, 1.165) is 35.1 Å². The molecular formula is C27H32N2O5. The fourth-order valence-corrected chi connectivity index (χ4v) is 5.07. The average molecular weight is 465 g/mol. The lowest BCUT2D eigenvalue weighted by Gasteiger charge is -2.34. The summed E-state index contributed by atoms with van der Waals surface area (Å²) in [4.78, 5) is 37.3. The van der Waals surface area contributed by atoms with Crippen LogP contribution in [0.2, 0.25) is 0 Å². The standard InChI is InChI=1S/C27H32N2O5/c1-3-27(2,25(31)32)29-24(30)21-14-8-9-15-23(21)28-26(33)34-16-22-19-12-6-4-10-17(19)18-11-5-7-13-20(18)22/h4-7,10-13,21-23H,3,8-9,14-16H2,1-2H3,(H,28,33)(H,29,30)(H,31,32). The number of amides is 2. The maximum Gasteiger partial charge on any atom is 0.407 e. The zero-order valence-electron chi connectivity index (χ0n) is 19.7. The summed E-state index contributed by atoms with van der Waals surface area (Å²) >= 11 is 0. The fraction of sp³-hybridized carbons (Fsp3) is 0.444. The third-order valence-corrected chi connectivity index (χ3v) is 7.33. The van der Waals surface area contributed by atoms with Crippen LogP contribution in [0.15, 0.2) is 48.5 Å². The van der Waals surface area contributed by atoms with Crippen molar-refractivity contribution >= 4 is 18.0 Å². The van der Waals surface area contributed by atoms with Crippen LogP contribution in [0.1, 0.15) is 63.0 Å². The normalized spacial score (nSPS) is 21.0. The van der Waals surface area contributed by atoms with Crippen LogP contribution in [-0.2, 0) is 14.3 Å². The first-order chi connectivity index (χ1) is 16.3. The number of nitrogens with one attached hydrogen (secondary N) is 2. The van der Waals surface area contributed by atoms with Gasteiger partial charge in [-0.3, -0.25) is 4.79 Å². The van der Waals surface area contributed by atoms with E-state index in [1.54, 1.807) is 6.92 Å². The fourth-order valence-electron chi connectivity index (χ4n) is 5.07. The van der Waals surface area contributed by atoms with Gasteiger partial charge in [-0.25, -0.2) is 9.59 Å². The van der Waals surface area contributed by atoms with Gasteiger partial charge in [0.15, 0.2) is 0 Å². The Bertz CT molecular complexity index is 1040. The molecule has 0 aromatic heterocycles. The van der Waals surface area contributed by atoms with Crippen LogP contribution in [0.5, 0.6) is 0 Å². The summed E-state index contributed by atoms with van der Waals surface area (Å²) in [7, 11) is 0. The molecule has 7 heteroatoms. The Balaban J connectivity index is 1.40. The predicted octanol–water partition coefficient (Wildman–Crippen LogP) is 4.45. The number of benzene rings is 2. The van der Waals surface area contributed by atoms with Gasteiger partial charge in [0, 0.05) is 12.0 Å². The lowest BCUT2D eigenvalue weighted by atomic mass is 9.83. The number of carboxylic acid groups (broad SMARTS) is 1. The van der Waals surface area contributed by atoms with Crippen molar-refractivity contribution in [3.63, 3.8) is 0 Å². The van der Waals surface area contributed by atoms with E-state index in [-0.39, 0.29) is 30.9 Å².